The Kier molecular flexibility index (Phi) is 2.26. The van der Waals surface area contributed by atoms with Crippen molar-refractivity contribution in [3.8, 4) is 0 Å². The van der Waals surface area contributed by atoms with Crippen LogP contribution in [-0.4, -0.2) is 15.9 Å². The molecule has 0 saturated heterocycles. The minimum Gasteiger partial charge on any atom is -0.454 e. The zero-order chi connectivity index (χ0) is 10.3. The molecule has 0 fully saturated rings. The molecule has 3 heterocycles. The van der Waals surface area contributed by atoms with Crippen molar-refractivity contribution in [1.82, 2.24) is 0 Å². The van der Waals surface area contributed by atoms with Gasteiger partial charge in [-0.05, 0) is 32.1 Å². The molecule has 0 aromatic rings. The van der Waals surface area contributed by atoms with E-state index in [0.29, 0.717) is 0 Å². The van der Waals surface area contributed by atoms with Gasteiger partial charge in [-0.1, -0.05) is 6.42 Å². The first-order chi connectivity index (χ1) is 7.32. The van der Waals surface area contributed by atoms with Gasteiger partial charge in [-0.25, -0.2) is 0 Å². The number of nitrogens with one attached hydrogen (secondary N) is 1. The van der Waals surface area contributed by atoms with Crippen molar-refractivity contribution in [2.24, 2.45) is 5.92 Å². The first-order valence-electron chi connectivity index (χ1n) is 6.69. The van der Waals surface area contributed by atoms with Gasteiger partial charge >= 0.3 is 0 Å². The van der Waals surface area contributed by atoms with E-state index in [1.165, 1.54) is 69.9 Å². The molecule has 3 aliphatic rings. The summed E-state index contributed by atoms with van der Waals surface area (Å²) in [4.78, 5) is 0. The maximum atomic E-state index is 8.44. The Hall–Kier alpha value is -0.530. The maximum Gasteiger partial charge on any atom is 0.156 e. The average Bonchev–Trinajstić information content (AvgIpc) is 2.36. The Bertz CT molecular complexity index is 295. The molecule has 3 aliphatic heterocycles. The monoisotopic (exact) mass is 206 g/mol. The molecule has 2 nitrogen and oxygen atoms in total. The molecule has 2 heteroatoms. The van der Waals surface area contributed by atoms with Crippen LogP contribution in [0.4, 0.5) is 0 Å². The van der Waals surface area contributed by atoms with Gasteiger partial charge < -0.3 is 5.84 Å². The first-order valence-corrected chi connectivity index (χ1v) is 6.69. The van der Waals surface area contributed by atoms with E-state index in [9.17, 15) is 0 Å². The molecule has 0 spiro atoms. The predicted molar refractivity (Wildman–Crippen MR) is 62.0 cm³/mol. The van der Waals surface area contributed by atoms with Crippen LogP contribution in [0.15, 0.2) is 0 Å². The predicted octanol–water partition coefficient (Wildman–Crippen LogP) is 3.70. The Morgan fingerprint density at radius 1 is 1.00 bits per heavy atom. The molecular formula is C13H22N2. The van der Waals surface area contributed by atoms with E-state index in [-0.39, 0.29) is 5.54 Å². The average molecular weight is 206 g/mol. The number of rotatable bonds is 0. The van der Waals surface area contributed by atoms with E-state index in [1.807, 2.05) is 4.68 Å². The summed E-state index contributed by atoms with van der Waals surface area (Å²) in [5, 5.41) is 0. The van der Waals surface area contributed by atoms with Gasteiger partial charge in [-0.2, -0.15) is 0 Å². The molecule has 2 atom stereocenters. The summed E-state index contributed by atoms with van der Waals surface area (Å²) in [6.07, 6.45) is 13.3. The second-order valence-corrected chi connectivity index (χ2v) is 5.74. The van der Waals surface area contributed by atoms with E-state index in [4.69, 9.17) is 5.84 Å². The molecule has 15 heavy (non-hydrogen) atoms. The van der Waals surface area contributed by atoms with E-state index in [1.54, 1.807) is 0 Å². The van der Waals surface area contributed by atoms with Gasteiger partial charge in [-0.3, -0.25) is 4.68 Å². The van der Waals surface area contributed by atoms with Crippen molar-refractivity contribution in [2.45, 2.75) is 69.7 Å². The van der Waals surface area contributed by atoms with E-state index in [2.05, 4.69) is 0 Å². The van der Waals surface area contributed by atoms with E-state index in [0.717, 1.165) is 5.92 Å². The third-order valence-corrected chi connectivity index (χ3v) is 4.95. The van der Waals surface area contributed by atoms with Crippen molar-refractivity contribution in [3.05, 3.63) is 5.84 Å². The van der Waals surface area contributed by atoms with Gasteiger partial charge in [0, 0.05) is 31.6 Å². The Morgan fingerprint density at radius 3 is 2.67 bits per heavy atom. The van der Waals surface area contributed by atoms with Crippen LogP contribution in [0.3, 0.4) is 0 Å². The van der Waals surface area contributed by atoms with Crippen LogP contribution in [0.2, 0.25) is 0 Å². The third-order valence-electron chi connectivity index (χ3n) is 4.95. The molecule has 1 N–H and O–H groups in total. The van der Waals surface area contributed by atoms with Crippen LogP contribution in [-0.2, 0) is 0 Å². The molecule has 2 unspecified atom stereocenters. The highest BCUT2D eigenvalue weighted by Crippen LogP contribution is 2.42. The standard InChI is InChI=1S/C13H22N2/c14-15-12-7-4-10-13(15)8-2-1-5-11(12)6-3-9-13/h11,14H,1-10H2. The quantitative estimate of drug-likeness (QED) is 0.540. The number of hydrogen-bond donors (Lipinski definition) is 0. The summed E-state index contributed by atoms with van der Waals surface area (Å²) < 4.78 is 1.99. The van der Waals surface area contributed by atoms with Crippen LogP contribution in [0.1, 0.15) is 64.2 Å². The Morgan fingerprint density at radius 2 is 1.73 bits per heavy atom. The fraction of sp³-hybridized carbons (Fsp3) is 0.923. The van der Waals surface area contributed by atoms with Crippen molar-refractivity contribution < 1.29 is 4.68 Å². The van der Waals surface area contributed by atoms with Crippen molar-refractivity contribution >= 4 is 5.71 Å². The van der Waals surface area contributed by atoms with Gasteiger partial charge in [0.05, 0.1) is 0 Å². The summed E-state index contributed by atoms with van der Waals surface area (Å²) in [5.74, 6) is 9.21. The molecule has 0 amide bonds. The molecule has 84 valence electrons. The fourth-order valence-corrected chi connectivity index (χ4v) is 4.11. The molecule has 3 rings (SSSR count). The van der Waals surface area contributed by atoms with Crippen LogP contribution >= 0.6 is 0 Å². The third kappa shape index (κ3) is 1.41. The first kappa shape index (κ1) is 9.68. The summed E-state index contributed by atoms with van der Waals surface area (Å²) in [5.41, 5.74) is 1.77. The minimum atomic E-state index is 0.267. The van der Waals surface area contributed by atoms with Crippen molar-refractivity contribution in [3.63, 3.8) is 0 Å². The smallest absolute Gasteiger partial charge is 0.156 e. The van der Waals surface area contributed by atoms with E-state index < -0.39 is 0 Å². The lowest BCUT2D eigenvalue weighted by molar-refractivity contribution is -0.562. The summed E-state index contributed by atoms with van der Waals surface area (Å²) in [7, 11) is 0. The normalized spacial score (nSPS) is 40.9. The summed E-state index contributed by atoms with van der Waals surface area (Å²) >= 11 is 0. The highest BCUT2D eigenvalue weighted by Gasteiger charge is 2.45. The van der Waals surface area contributed by atoms with Gasteiger partial charge in [0.15, 0.2) is 11.3 Å². The molecule has 0 radical (unpaired) electrons. The number of hydrogen-bond acceptors (Lipinski definition) is 0. The lowest BCUT2D eigenvalue weighted by atomic mass is 9.79. The van der Waals surface area contributed by atoms with Crippen LogP contribution in [0, 0.1) is 5.92 Å². The molecule has 3 bridgehead atoms. The summed E-state index contributed by atoms with van der Waals surface area (Å²) in [6, 6.07) is 0. The zero-order valence-electron chi connectivity index (χ0n) is 9.60. The zero-order valence-corrected chi connectivity index (χ0v) is 9.60. The van der Waals surface area contributed by atoms with Gasteiger partial charge in [0.1, 0.15) is 0 Å². The second-order valence-electron chi connectivity index (χ2n) is 5.74. The van der Waals surface area contributed by atoms with Crippen LogP contribution < -0.4 is 0 Å². The Labute approximate surface area is 92.5 Å². The topological polar surface area (TPSA) is 26.8 Å². The largest absolute Gasteiger partial charge is 0.454 e. The van der Waals surface area contributed by atoms with Gasteiger partial charge in [-0.15, -0.1) is 0 Å². The molecule has 0 aromatic carbocycles. The maximum absolute atomic E-state index is 8.44. The van der Waals surface area contributed by atoms with E-state index >= 15 is 0 Å². The van der Waals surface area contributed by atoms with Crippen molar-refractivity contribution in [1.29, 1.82) is 0 Å². The highest BCUT2D eigenvalue weighted by molar-refractivity contribution is 5.83. The molecular weight excluding hydrogens is 184 g/mol. The van der Waals surface area contributed by atoms with Crippen LogP contribution in [0.5, 0.6) is 0 Å². The van der Waals surface area contributed by atoms with Crippen LogP contribution in [0.25, 0.3) is 5.84 Å². The lowest BCUT2D eigenvalue weighted by Crippen LogP contribution is -2.45. The Balaban J connectivity index is 2.08. The summed E-state index contributed by atoms with van der Waals surface area (Å²) in [6.45, 7) is 0. The minimum absolute atomic E-state index is 0.267. The fourth-order valence-electron chi connectivity index (χ4n) is 4.11. The highest BCUT2D eigenvalue weighted by atomic mass is 15.4. The molecule has 0 aliphatic carbocycles. The van der Waals surface area contributed by atoms with Gasteiger partial charge in [0.25, 0.3) is 0 Å². The van der Waals surface area contributed by atoms with Crippen molar-refractivity contribution in [2.75, 3.05) is 0 Å². The molecule has 0 saturated carbocycles. The lowest BCUT2D eigenvalue weighted by Gasteiger charge is -2.38. The molecule has 0 aromatic heterocycles. The van der Waals surface area contributed by atoms with Gasteiger partial charge in [0.2, 0.25) is 0 Å². The second kappa shape index (κ2) is 3.50. The number of nitrogens with zero attached hydrogens (tertiary/aromatic N) is 1. The SMILES string of the molecule is [NH-][N+]1=C2CCCC13CCCCC2CCC3.